The van der Waals surface area contributed by atoms with Crippen LogP contribution < -0.4 is 0 Å². The highest BCUT2D eigenvalue weighted by Gasteiger charge is 2.51. The van der Waals surface area contributed by atoms with Crippen LogP contribution in [0.2, 0.25) is 0 Å². The van der Waals surface area contributed by atoms with Gasteiger partial charge >= 0.3 is 11.9 Å². The molecule has 0 aliphatic carbocycles. The lowest BCUT2D eigenvalue weighted by atomic mass is 9.79. The summed E-state index contributed by atoms with van der Waals surface area (Å²) in [7, 11) is 2.64. The number of methoxy groups -OCH3 is 2. The van der Waals surface area contributed by atoms with Gasteiger partial charge < -0.3 is 14.5 Å². The maximum Gasteiger partial charge on any atom is 0.323 e. The normalized spacial score (nSPS) is 25.5. The number of esters is 2. The van der Waals surface area contributed by atoms with E-state index in [9.17, 15) is 14.4 Å². The number of benzene rings is 1. The molecule has 0 bridgehead atoms. The van der Waals surface area contributed by atoms with Crippen LogP contribution in [0.5, 0.6) is 0 Å². The Labute approximate surface area is 150 Å². The Kier molecular flexibility index (Phi) is 4.03. The number of aromatic nitrogens is 1. The van der Waals surface area contributed by atoms with Crippen LogP contribution in [0.25, 0.3) is 10.9 Å². The van der Waals surface area contributed by atoms with E-state index in [1.165, 1.54) is 14.2 Å². The molecule has 7 heteroatoms. The summed E-state index contributed by atoms with van der Waals surface area (Å²) in [5.41, 5.74) is 2.69. The van der Waals surface area contributed by atoms with Crippen molar-refractivity contribution in [1.29, 1.82) is 0 Å². The number of rotatable bonds is 2. The van der Waals surface area contributed by atoms with E-state index in [0.29, 0.717) is 13.0 Å². The van der Waals surface area contributed by atoms with Gasteiger partial charge in [0.25, 0.3) is 0 Å². The van der Waals surface area contributed by atoms with Gasteiger partial charge in [-0.2, -0.15) is 0 Å². The topological polar surface area (TPSA) is 88.7 Å². The third kappa shape index (κ3) is 2.34. The molecule has 2 aliphatic rings. The van der Waals surface area contributed by atoms with Crippen LogP contribution in [0, 0.1) is 5.92 Å². The summed E-state index contributed by atoms with van der Waals surface area (Å²) in [5, 5.41) is 0.998. The number of carbonyl (C=O) groups is 3. The first-order chi connectivity index (χ1) is 12.6. The molecule has 1 aromatic carbocycles. The number of hydrogen-bond acceptors (Lipinski definition) is 6. The summed E-state index contributed by atoms with van der Waals surface area (Å²) in [4.78, 5) is 42.7. The van der Waals surface area contributed by atoms with Crippen molar-refractivity contribution in [3.05, 3.63) is 35.5 Å². The van der Waals surface area contributed by atoms with Gasteiger partial charge in [0.05, 0.1) is 20.3 Å². The second-order valence-corrected chi connectivity index (χ2v) is 6.71. The van der Waals surface area contributed by atoms with E-state index in [2.05, 4.69) is 4.98 Å². The maximum absolute atomic E-state index is 12.6. The first kappa shape index (κ1) is 16.8. The van der Waals surface area contributed by atoms with E-state index in [1.54, 1.807) is 0 Å². The summed E-state index contributed by atoms with van der Waals surface area (Å²) in [5.74, 6) is -2.04. The van der Waals surface area contributed by atoms with E-state index in [-0.39, 0.29) is 18.2 Å². The lowest BCUT2D eigenvalue weighted by Gasteiger charge is -2.45. The van der Waals surface area contributed by atoms with Gasteiger partial charge in [0.1, 0.15) is 17.7 Å². The van der Waals surface area contributed by atoms with Gasteiger partial charge in [0, 0.05) is 36.0 Å². The Balaban J connectivity index is 1.92. The molecule has 2 aromatic rings. The van der Waals surface area contributed by atoms with Crippen LogP contribution in [0.4, 0.5) is 0 Å². The molecule has 1 aromatic heterocycles. The van der Waals surface area contributed by atoms with Crippen LogP contribution in [0.1, 0.15) is 23.7 Å². The number of para-hydroxylation sites is 1. The average molecular weight is 356 g/mol. The molecule has 0 saturated carbocycles. The van der Waals surface area contributed by atoms with Crippen LogP contribution in [-0.4, -0.2) is 54.4 Å². The predicted octanol–water partition coefficient (Wildman–Crippen LogP) is 1.37. The molecular formula is C19H20N2O5. The number of nitrogens with zero attached hydrogens (tertiary/aromatic N) is 1. The first-order valence-electron chi connectivity index (χ1n) is 8.60. The standard InChI is InChI=1S/C19H20N2O5/c1-25-18(23)13-9-11-10-5-3-4-6-12(10)20-16(11)17-15(19(24)26-2)14(22)7-8-21(13)17/h3-6,13,15,17,20H,7-9H2,1-2H3/t13-,15-,17-/m0/s1. The molecule has 0 spiro atoms. The van der Waals surface area contributed by atoms with Crippen LogP contribution >= 0.6 is 0 Å². The van der Waals surface area contributed by atoms with Crippen molar-refractivity contribution >= 4 is 28.6 Å². The summed E-state index contributed by atoms with van der Waals surface area (Å²) in [6, 6.07) is 6.69. The van der Waals surface area contributed by atoms with Gasteiger partial charge in [0.15, 0.2) is 0 Å². The average Bonchev–Trinajstić information content (AvgIpc) is 3.04. The fourth-order valence-electron chi connectivity index (χ4n) is 4.33. The number of ketones is 1. The Bertz CT molecular complexity index is 894. The van der Waals surface area contributed by atoms with Crippen LogP contribution in [0.15, 0.2) is 24.3 Å². The second-order valence-electron chi connectivity index (χ2n) is 6.71. The highest BCUT2D eigenvalue weighted by atomic mass is 16.5. The van der Waals surface area contributed by atoms with Gasteiger partial charge in [-0.05, 0) is 11.6 Å². The number of piperidine rings is 1. The van der Waals surface area contributed by atoms with E-state index in [0.717, 1.165) is 22.2 Å². The quantitative estimate of drug-likeness (QED) is 0.646. The van der Waals surface area contributed by atoms with E-state index < -0.39 is 24.0 Å². The van der Waals surface area contributed by atoms with Crippen molar-refractivity contribution in [3.63, 3.8) is 0 Å². The number of Topliss-reactive ketones (excluding diaryl/α,β-unsaturated/α-hetero) is 1. The molecule has 1 saturated heterocycles. The summed E-state index contributed by atoms with van der Waals surface area (Å²) in [6.07, 6.45) is 0.684. The number of H-pyrrole nitrogens is 1. The van der Waals surface area contributed by atoms with Crippen molar-refractivity contribution in [1.82, 2.24) is 9.88 Å². The first-order valence-corrected chi connectivity index (χ1v) is 8.60. The summed E-state index contributed by atoms with van der Waals surface area (Å²) in [6.45, 7) is 0.408. The number of hydrogen-bond donors (Lipinski definition) is 1. The largest absolute Gasteiger partial charge is 0.468 e. The minimum atomic E-state index is -0.951. The van der Waals surface area contributed by atoms with Crippen molar-refractivity contribution in [2.75, 3.05) is 20.8 Å². The fourth-order valence-corrected chi connectivity index (χ4v) is 4.33. The van der Waals surface area contributed by atoms with Crippen LogP contribution in [-0.2, 0) is 30.3 Å². The second kappa shape index (κ2) is 6.25. The van der Waals surface area contributed by atoms with Crippen LogP contribution in [0.3, 0.4) is 0 Å². The zero-order chi connectivity index (χ0) is 18.4. The highest BCUT2D eigenvalue weighted by Crippen LogP contribution is 2.44. The minimum absolute atomic E-state index is 0.159. The molecule has 26 heavy (non-hydrogen) atoms. The van der Waals surface area contributed by atoms with Gasteiger partial charge in [-0.15, -0.1) is 0 Å². The molecule has 4 rings (SSSR count). The zero-order valence-electron chi connectivity index (χ0n) is 14.7. The number of ether oxygens (including phenoxy) is 2. The third-order valence-electron chi connectivity index (χ3n) is 5.50. The molecular weight excluding hydrogens is 336 g/mol. The molecule has 7 nitrogen and oxygen atoms in total. The van der Waals surface area contributed by atoms with E-state index in [4.69, 9.17) is 9.47 Å². The molecule has 1 fully saturated rings. The number of aromatic amines is 1. The van der Waals surface area contributed by atoms with Gasteiger partial charge in [-0.25, -0.2) is 0 Å². The molecule has 3 heterocycles. The number of carbonyl (C=O) groups excluding carboxylic acids is 3. The monoisotopic (exact) mass is 356 g/mol. The van der Waals surface area contributed by atoms with Crippen molar-refractivity contribution < 1.29 is 23.9 Å². The van der Waals surface area contributed by atoms with Crippen molar-refractivity contribution in [3.8, 4) is 0 Å². The maximum atomic E-state index is 12.6. The highest BCUT2D eigenvalue weighted by molar-refractivity contribution is 6.01. The Morgan fingerprint density at radius 2 is 1.88 bits per heavy atom. The molecule has 1 N–H and O–H groups in total. The molecule has 0 amide bonds. The Hall–Kier alpha value is -2.67. The van der Waals surface area contributed by atoms with Gasteiger partial charge in [-0.3, -0.25) is 19.3 Å². The summed E-state index contributed by atoms with van der Waals surface area (Å²) < 4.78 is 9.90. The number of nitrogens with one attached hydrogen (secondary N) is 1. The molecule has 136 valence electrons. The van der Waals surface area contributed by atoms with Crippen molar-refractivity contribution in [2.45, 2.75) is 24.9 Å². The zero-order valence-corrected chi connectivity index (χ0v) is 14.7. The van der Waals surface area contributed by atoms with E-state index in [1.807, 2.05) is 29.2 Å². The third-order valence-corrected chi connectivity index (χ3v) is 5.50. The molecule has 2 aliphatic heterocycles. The Morgan fingerprint density at radius 1 is 1.15 bits per heavy atom. The van der Waals surface area contributed by atoms with Gasteiger partial charge in [0.2, 0.25) is 0 Å². The fraction of sp³-hybridized carbons (Fsp3) is 0.421. The SMILES string of the molecule is COC(=O)[C@H]1C(=O)CCN2[C@@H]1c1[nH]c3ccccc3c1C[C@H]2C(=O)OC. The smallest absolute Gasteiger partial charge is 0.323 e. The molecule has 0 radical (unpaired) electrons. The minimum Gasteiger partial charge on any atom is -0.468 e. The Morgan fingerprint density at radius 3 is 2.62 bits per heavy atom. The predicted molar refractivity (Wildman–Crippen MR) is 92.4 cm³/mol. The van der Waals surface area contributed by atoms with Gasteiger partial charge in [-0.1, -0.05) is 18.2 Å². The molecule has 3 atom stereocenters. The summed E-state index contributed by atoms with van der Waals surface area (Å²) >= 11 is 0. The number of fused-ring (bicyclic) bond motifs is 5. The van der Waals surface area contributed by atoms with E-state index >= 15 is 0 Å². The molecule has 0 unspecified atom stereocenters. The lowest BCUT2D eigenvalue weighted by Crippen LogP contribution is -2.56. The lowest BCUT2D eigenvalue weighted by molar-refractivity contribution is -0.162. The van der Waals surface area contributed by atoms with Crippen molar-refractivity contribution in [2.24, 2.45) is 5.92 Å².